The molecule has 0 radical (unpaired) electrons. The van der Waals surface area contributed by atoms with Gasteiger partial charge in [0.1, 0.15) is 11.5 Å². The van der Waals surface area contributed by atoms with Crippen LogP contribution in [0.15, 0.2) is 30.6 Å². The van der Waals surface area contributed by atoms with Gasteiger partial charge in [0, 0.05) is 5.54 Å². The highest BCUT2D eigenvalue weighted by Crippen LogP contribution is 2.31. The van der Waals surface area contributed by atoms with Gasteiger partial charge in [-0.25, -0.2) is 9.97 Å². The Bertz CT molecular complexity index is 661. The molecule has 1 amide bonds. The van der Waals surface area contributed by atoms with Gasteiger partial charge in [-0.2, -0.15) is 0 Å². The number of aromatic nitrogens is 2. The van der Waals surface area contributed by atoms with Gasteiger partial charge in [0.2, 0.25) is 0 Å². The fourth-order valence-electron chi connectivity index (χ4n) is 1.66. The molecule has 2 aromatic rings. The van der Waals surface area contributed by atoms with Crippen molar-refractivity contribution in [2.45, 2.75) is 26.3 Å². The second-order valence-corrected chi connectivity index (χ2v) is 6.53. The van der Waals surface area contributed by atoms with E-state index < -0.39 is 0 Å². The summed E-state index contributed by atoms with van der Waals surface area (Å²) in [6.07, 6.45) is 2.85. The van der Waals surface area contributed by atoms with E-state index in [1.54, 1.807) is 18.2 Å². The standard InChI is InChI=1S/C15H16Cl2N4O/c1-15(2,3)21-14(22)11-7-19-12(8-18-11)20-13-9(16)5-4-6-10(13)17/h4-8H,1-3H3,(H,19,20)(H,21,22). The first-order valence-corrected chi connectivity index (χ1v) is 7.37. The molecule has 0 aliphatic carbocycles. The molecule has 0 aliphatic heterocycles. The first kappa shape index (κ1) is 16.5. The predicted octanol–water partition coefficient (Wildman–Crippen LogP) is 4.06. The van der Waals surface area contributed by atoms with Crippen molar-refractivity contribution in [2.75, 3.05) is 5.32 Å². The summed E-state index contributed by atoms with van der Waals surface area (Å²) >= 11 is 12.1. The number of para-hydroxylation sites is 1. The maximum Gasteiger partial charge on any atom is 0.271 e. The zero-order chi connectivity index (χ0) is 16.3. The summed E-state index contributed by atoms with van der Waals surface area (Å²) in [5.41, 5.74) is 0.457. The molecule has 0 atom stereocenters. The molecule has 0 bridgehead atoms. The summed E-state index contributed by atoms with van der Waals surface area (Å²) in [5, 5.41) is 6.76. The Morgan fingerprint density at radius 3 is 2.23 bits per heavy atom. The van der Waals surface area contributed by atoms with Crippen LogP contribution in [0, 0.1) is 0 Å². The lowest BCUT2D eigenvalue weighted by Crippen LogP contribution is -2.40. The summed E-state index contributed by atoms with van der Waals surface area (Å²) in [6, 6.07) is 5.18. The number of anilines is 2. The molecule has 1 heterocycles. The minimum Gasteiger partial charge on any atom is -0.346 e. The molecule has 1 aromatic carbocycles. The van der Waals surface area contributed by atoms with E-state index in [2.05, 4.69) is 20.6 Å². The Labute approximate surface area is 139 Å². The van der Waals surface area contributed by atoms with Crippen LogP contribution in [0.4, 0.5) is 11.5 Å². The fraction of sp³-hybridized carbons (Fsp3) is 0.267. The Balaban J connectivity index is 2.14. The number of nitrogens with one attached hydrogen (secondary N) is 2. The molecule has 7 heteroatoms. The number of carbonyl (C=O) groups is 1. The van der Waals surface area contributed by atoms with Gasteiger partial charge in [0.15, 0.2) is 0 Å². The molecule has 0 fully saturated rings. The van der Waals surface area contributed by atoms with Crippen LogP contribution in [0.3, 0.4) is 0 Å². The lowest BCUT2D eigenvalue weighted by Gasteiger charge is -2.20. The van der Waals surface area contributed by atoms with E-state index in [9.17, 15) is 4.79 Å². The number of benzene rings is 1. The van der Waals surface area contributed by atoms with Crippen molar-refractivity contribution in [3.8, 4) is 0 Å². The molecule has 2 N–H and O–H groups in total. The zero-order valence-electron chi connectivity index (χ0n) is 12.4. The molecule has 22 heavy (non-hydrogen) atoms. The predicted molar refractivity (Wildman–Crippen MR) is 89.0 cm³/mol. The van der Waals surface area contributed by atoms with Crippen molar-refractivity contribution in [1.29, 1.82) is 0 Å². The number of amides is 1. The van der Waals surface area contributed by atoms with E-state index in [0.717, 1.165) is 0 Å². The second-order valence-electron chi connectivity index (χ2n) is 5.71. The Morgan fingerprint density at radius 1 is 1.09 bits per heavy atom. The van der Waals surface area contributed by atoms with Crippen LogP contribution >= 0.6 is 23.2 Å². The van der Waals surface area contributed by atoms with Crippen molar-refractivity contribution in [3.63, 3.8) is 0 Å². The number of carbonyl (C=O) groups excluding carboxylic acids is 1. The van der Waals surface area contributed by atoms with Crippen LogP contribution in [0.25, 0.3) is 0 Å². The van der Waals surface area contributed by atoms with E-state index >= 15 is 0 Å². The fourth-order valence-corrected chi connectivity index (χ4v) is 2.15. The van der Waals surface area contributed by atoms with Crippen molar-refractivity contribution in [2.24, 2.45) is 0 Å². The third-order valence-electron chi connectivity index (χ3n) is 2.59. The van der Waals surface area contributed by atoms with Gasteiger partial charge in [-0.05, 0) is 32.9 Å². The smallest absolute Gasteiger partial charge is 0.271 e. The maximum atomic E-state index is 12.0. The number of nitrogens with zero attached hydrogens (tertiary/aromatic N) is 2. The van der Waals surface area contributed by atoms with E-state index in [0.29, 0.717) is 21.6 Å². The molecular formula is C15H16Cl2N4O. The lowest BCUT2D eigenvalue weighted by molar-refractivity contribution is 0.0914. The number of rotatable bonds is 3. The molecule has 5 nitrogen and oxygen atoms in total. The van der Waals surface area contributed by atoms with E-state index in [1.807, 2.05) is 20.8 Å². The molecule has 0 aliphatic rings. The largest absolute Gasteiger partial charge is 0.346 e. The number of halogens is 2. The minimum atomic E-state index is -0.333. The van der Waals surface area contributed by atoms with Crippen LogP contribution < -0.4 is 10.6 Å². The maximum absolute atomic E-state index is 12.0. The van der Waals surface area contributed by atoms with Gasteiger partial charge in [-0.3, -0.25) is 4.79 Å². The number of hydrogen-bond donors (Lipinski definition) is 2. The van der Waals surface area contributed by atoms with Crippen molar-refractivity contribution >= 4 is 40.6 Å². The molecule has 0 saturated carbocycles. The molecule has 0 unspecified atom stereocenters. The minimum absolute atomic E-state index is 0.241. The van der Waals surface area contributed by atoms with Gasteiger partial charge in [0.05, 0.1) is 28.1 Å². The average Bonchev–Trinajstić information content (AvgIpc) is 2.42. The zero-order valence-corrected chi connectivity index (χ0v) is 14.0. The SMILES string of the molecule is CC(C)(C)NC(=O)c1cnc(Nc2c(Cl)cccc2Cl)cn1. The van der Waals surface area contributed by atoms with Crippen LogP contribution in [-0.4, -0.2) is 21.4 Å². The third kappa shape index (κ3) is 4.32. The number of hydrogen-bond acceptors (Lipinski definition) is 4. The van der Waals surface area contributed by atoms with Crippen LogP contribution in [0.1, 0.15) is 31.3 Å². The highest BCUT2D eigenvalue weighted by atomic mass is 35.5. The van der Waals surface area contributed by atoms with Gasteiger partial charge in [0.25, 0.3) is 5.91 Å². The summed E-state index contributed by atoms with van der Waals surface area (Å²) in [5.74, 6) is 0.171. The van der Waals surface area contributed by atoms with E-state index in [1.165, 1.54) is 12.4 Å². The summed E-state index contributed by atoms with van der Waals surface area (Å²) < 4.78 is 0. The summed E-state index contributed by atoms with van der Waals surface area (Å²) in [4.78, 5) is 20.2. The Morgan fingerprint density at radius 2 is 1.73 bits per heavy atom. The Hall–Kier alpha value is -1.85. The lowest BCUT2D eigenvalue weighted by atomic mass is 10.1. The highest BCUT2D eigenvalue weighted by molar-refractivity contribution is 6.39. The van der Waals surface area contributed by atoms with Crippen LogP contribution in [0.5, 0.6) is 0 Å². The van der Waals surface area contributed by atoms with Crippen molar-refractivity contribution < 1.29 is 4.79 Å². The molecule has 0 spiro atoms. The summed E-state index contributed by atoms with van der Waals surface area (Å²) in [7, 11) is 0. The van der Waals surface area contributed by atoms with Crippen LogP contribution in [0.2, 0.25) is 10.0 Å². The van der Waals surface area contributed by atoms with Gasteiger partial charge in [-0.15, -0.1) is 0 Å². The average molecular weight is 339 g/mol. The first-order chi connectivity index (χ1) is 10.3. The van der Waals surface area contributed by atoms with E-state index in [-0.39, 0.29) is 17.1 Å². The topological polar surface area (TPSA) is 66.9 Å². The van der Waals surface area contributed by atoms with E-state index in [4.69, 9.17) is 23.2 Å². The molecule has 2 rings (SSSR count). The summed E-state index contributed by atoms with van der Waals surface area (Å²) in [6.45, 7) is 5.69. The van der Waals surface area contributed by atoms with Crippen molar-refractivity contribution in [3.05, 3.63) is 46.3 Å². The monoisotopic (exact) mass is 338 g/mol. The molecule has 1 aromatic heterocycles. The molecular weight excluding hydrogens is 323 g/mol. The van der Waals surface area contributed by atoms with Gasteiger partial charge >= 0.3 is 0 Å². The van der Waals surface area contributed by atoms with Crippen LogP contribution in [-0.2, 0) is 0 Å². The normalized spacial score (nSPS) is 11.1. The molecule has 0 saturated heterocycles. The highest BCUT2D eigenvalue weighted by Gasteiger charge is 2.16. The quantitative estimate of drug-likeness (QED) is 0.885. The second kappa shape index (κ2) is 6.50. The van der Waals surface area contributed by atoms with Crippen molar-refractivity contribution in [1.82, 2.24) is 15.3 Å². The van der Waals surface area contributed by atoms with Gasteiger partial charge in [-0.1, -0.05) is 29.3 Å². The first-order valence-electron chi connectivity index (χ1n) is 6.62. The Kier molecular flexibility index (Phi) is 4.88. The van der Waals surface area contributed by atoms with Gasteiger partial charge < -0.3 is 10.6 Å². The molecule has 116 valence electrons. The third-order valence-corrected chi connectivity index (χ3v) is 3.22.